The summed E-state index contributed by atoms with van der Waals surface area (Å²) in [6.45, 7) is 1.62. The Morgan fingerprint density at radius 2 is 2.00 bits per heavy atom. The van der Waals surface area contributed by atoms with Crippen molar-refractivity contribution in [2.75, 3.05) is 18.0 Å². The van der Waals surface area contributed by atoms with Gasteiger partial charge in [-0.05, 0) is 54.9 Å². The van der Waals surface area contributed by atoms with Gasteiger partial charge in [0.2, 0.25) is 5.91 Å². The molecule has 0 radical (unpaired) electrons. The van der Waals surface area contributed by atoms with Gasteiger partial charge < -0.3 is 10.2 Å². The molecule has 0 spiro atoms. The highest BCUT2D eigenvalue weighted by Gasteiger charge is 2.27. The first-order valence-electron chi connectivity index (χ1n) is 9.72. The van der Waals surface area contributed by atoms with Gasteiger partial charge in [-0.3, -0.25) is 4.79 Å². The Morgan fingerprint density at radius 3 is 2.81 bits per heavy atom. The Hall–Kier alpha value is -2.87. The third kappa shape index (κ3) is 3.80. The number of aromatic nitrogens is 1. The van der Waals surface area contributed by atoms with E-state index in [4.69, 9.17) is 0 Å². The standard InChI is InChI=1S/C22H24N4O/c23-15-18-5-3-11-24-22(18)26-12-9-19(10-13-26)25-21(27)14-17-8-7-16-4-1-2-6-20(16)17/h1-6,11,17,19H,7-10,12-14H2,(H,25,27). The number of rotatable bonds is 4. The Kier molecular flexibility index (Phi) is 5.06. The van der Waals surface area contributed by atoms with Crippen molar-refractivity contribution in [3.8, 4) is 6.07 Å². The molecule has 1 amide bonds. The van der Waals surface area contributed by atoms with Gasteiger partial charge in [0.15, 0.2) is 0 Å². The highest BCUT2D eigenvalue weighted by molar-refractivity contribution is 5.77. The van der Waals surface area contributed by atoms with E-state index in [2.05, 4.69) is 45.5 Å². The predicted octanol–water partition coefficient (Wildman–Crippen LogP) is 3.16. The molecule has 1 unspecified atom stereocenters. The number of anilines is 1. The van der Waals surface area contributed by atoms with Crippen LogP contribution in [0.3, 0.4) is 0 Å². The molecule has 0 saturated carbocycles. The van der Waals surface area contributed by atoms with Crippen LogP contribution in [0.2, 0.25) is 0 Å². The van der Waals surface area contributed by atoms with E-state index in [9.17, 15) is 10.1 Å². The molecule has 27 heavy (non-hydrogen) atoms. The molecule has 1 atom stereocenters. The number of benzene rings is 1. The van der Waals surface area contributed by atoms with E-state index in [1.165, 1.54) is 11.1 Å². The minimum absolute atomic E-state index is 0.158. The van der Waals surface area contributed by atoms with Gasteiger partial charge in [0.05, 0.1) is 5.56 Å². The van der Waals surface area contributed by atoms with Crippen molar-refractivity contribution in [3.63, 3.8) is 0 Å². The molecule has 4 rings (SSSR count). The summed E-state index contributed by atoms with van der Waals surface area (Å²) in [5, 5.41) is 12.5. The fraction of sp³-hybridized carbons (Fsp3) is 0.409. The van der Waals surface area contributed by atoms with E-state index in [0.717, 1.165) is 44.6 Å². The lowest BCUT2D eigenvalue weighted by atomic mass is 9.97. The number of pyridine rings is 1. The Labute approximate surface area is 160 Å². The molecular weight excluding hydrogens is 336 g/mol. The monoisotopic (exact) mass is 360 g/mol. The lowest BCUT2D eigenvalue weighted by molar-refractivity contribution is -0.122. The number of hydrogen-bond acceptors (Lipinski definition) is 4. The first-order valence-corrected chi connectivity index (χ1v) is 9.72. The zero-order chi connectivity index (χ0) is 18.6. The van der Waals surface area contributed by atoms with Crippen molar-refractivity contribution < 1.29 is 4.79 Å². The van der Waals surface area contributed by atoms with Crippen LogP contribution in [0.25, 0.3) is 0 Å². The van der Waals surface area contributed by atoms with Gasteiger partial charge in [0, 0.05) is 31.7 Å². The number of carbonyl (C=O) groups is 1. The van der Waals surface area contributed by atoms with Gasteiger partial charge in [-0.25, -0.2) is 4.98 Å². The van der Waals surface area contributed by atoms with Crippen molar-refractivity contribution in [3.05, 3.63) is 59.3 Å². The van der Waals surface area contributed by atoms with Gasteiger partial charge in [-0.2, -0.15) is 5.26 Å². The van der Waals surface area contributed by atoms with Crippen LogP contribution in [0.4, 0.5) is 5.82 Å². The summed E-state index contributed by atoms with van der Waals surface area (Å²) in [5.74, 6) is 1.27. The van der Waals surface area contributed by atoms with Crippen molar-refractivity contribution in [2.24, 2.45) is 0 Å². The van der Waals surface area contributed by atoms with Crippen LogP contribution in [-0.4, -0.2) is 30.0 Å². The predicted molar refractivity (Wildman–Crippen MR) is 104 cm³/mol. The van der Waals surface area contributed by atoms with E-state index in [1.807, 2.05) is 0 Å². The van der Waals surface area contributed by atoms with Crippen molar-refractivity contribution in [1.82, 2.24) is 10.3 Å². The van der Waals surface area contributed by atoms with Crippen molar-refractivity contribution in [1.29, 1.82) is 5.26 Å². The number of piperidine rings is 1. The lowest BCUT2D eigenvalue weighted by Crippen LogP contribution is -2.45. The minimum Gasteiger partial charge on any atom is -0.355 e. The Balaban J connectivity index is 1.30. The maximum absolute atomic E-state index is 12.5. The molecule has 2 aromatic rings. The molecule has 1 aliphatic carbocycles. The van der Waals surface area contributed by atoms with Gasteiger partial charge in [-0.1, -0.05) is 24.3 Å². The molecule has 138 valence electrons. The summed E-state index contributed by atoms with van der Waals surface area (Å²) in [5.41, 5.74) is 3.36. The fourth-order valence-corrected chi connectivity index (χ4v) is 4.34. The Morgan fingerprint density at radius 1 is 1.19 bits per heavy atom. The van der Waals surface area contributed by atoms with Crippen LogP contribution in [0.15, 0.2) is 42.6 Å². The molecule has 0 bridgehead atoms. The first-order chi connectivity index (χ1) is 13.2. The third-order valence-corrected chi connectivity index (χ3v) is 5.76. The summed E-state index contributed by atoms with van der Waals surface area (Å²) in [4.78, 5) is 19.1. The van der Waals surface area contributed by atoms with Crippen LogP contribution in [-0.2, 0) is 11.2 Å². The van der Waals surface area contributed by atoms with Gasteiger partial charge >= 0.3 is 0 Å². The van der Waals surface area contributed by atoms with E-state index in [0.29, 0.717) is 17.9 Å². The first kappa shape index (κ1) is 17.5. The second-order valence-electron chi connectivity index (χ2n) is 7.45. The topological polar surface area (TPSA) is 69.0 Å². The number of fused-ring (bicyclic) bond motifs is 1. The highest BCUT2D eigenvalue weighted by atomic mass is 16.1. The molecule has 5 nitrogen and oxygen atoms in total. The Bertz CT molecular complexity index is 865. The molecule has 1 aliphatic heterocycles. The number of nitrogens with zero attached hydrogens (tertiary/aromatic N) is 3. The maximum Gasteiger partial charge on any atom is 0.220 e. The largest absolute Gasteiger partial charge is 0.355 e. The summed E-state index contributed by atoms with van der Waals surface area (Å²) >= 11 is 0. The van der Waals surface area contributed by atoms with Gasteiger partial charge in [0.25, 0.3) is 0 Å². The number of nitrogens with one attached hydrogen (secondary N) is 1. The van der Waals surface area contributed by atoms with E-state index >= 15 is 0 Å². The molecule has 5 heteroatoms. The van der Waals surface area contributed by atoms with E-state index < -0.39 is 0 Å². The summed E-state index contributed by atoms with van der Waals surface area (Å²) in [6, 6.07) is 14.5. The van der Waals surface area contributed by atoms with E-state index in [-0.39, 0.29) is 11.9 Å². The average Bonchev–Trinajstić information content (AvgIpc) is 3.11. The molecule has 2 aliphatic rings. The van der Waals surface area contributed by atoms with Crippen LogP contribution in [0, 0.1) is 11.3 Å². The van der Waals surface area contributed by atoms with Crippen LogP contribution in [0.1, 0.15) is 48.3 Å². The number of nitriles is 1. The second-order valence-corrected chi connectivity index (χ2v) is 7.45. The third-order valence-electron chi connectivity index (χ3n) is 5.76. The van der Waals surface area contributed by atoms with Crippen molar-refractivity contribution >= 4 is 11.7 Å². The number of carbonyl (C=O) groups excluding carboxylic acids is 1. The number of hydrogen-bond donors (Lipinski definition) is 1. The molecule has 2 heterocycles. The van der Waals surface area contributed by atoms with Crippen LogP contribution < -0.4 is 10.2 Å². The average molecular weight is 360 g/mol. The molecule has 1 aromatic heterocycles. The van der Waals surface area contributed by atoms with Crippen molar-refractivity contribution in [2.45, 2.75) is 44.1 Å². The smallest absolute Gasteiger partial charge is 0.220 e. The quantitative estimate of drug-likeness (QED) is 0.909. The van der Waals surface area contributed by atoms with Gasteiger partial charge in [-0.15, -0.1) is 0 Å². The highest BCUT2D eigenvalue weighted by Crippen LogP contribution is 2.35. The molecule has 1 N–H and O–H groups in total. The lowest BCUT2D eigenvalue weighted by Gasteiger charge is -2.33. The fourth-order valence-electron chi connectivity index (χ4n) is 4.34. The van der Waals surface area contributed by atoms with E-state index in [1.54, 1.807) is 18.3 Å². The minimum atomic E-state index is 0.158. The zero-order valence-corrected chi connectivity index (χ0v) is 15.4. The summed E-state index contributed by atoms with van der Waals surface area (Å²) in [6.07, 6.45) is 6.22. The SMILES string of the molecule is N#Cc1cccnc1N1CCC(NC(=O)CC2CCc3ccccc32)CC1. The number of aryl methyl sites for hydroxylation is 1. The normalized spacial score (nSPS) is 19.4. The summed E-state index contributed by atoms with van der Waals surface area (Å²) < 4.78 is 0. The molecular formula is C22H24N4O. The second kappa shape index (κ2) is 7.79. The maximum atomic E-state index is 12.5. The summed E-state index contributed by atoms with van der Waals surface area (Å²) in [7, 11) is 0. The van der Waals surface area contributed by atoms with Crippen LogP contribution >= 0.6 is 0 Å². The molecule has 1 saturated heterocycles. The number of amides is 1. The van der Waals surface area contributed by atoms with Gasteiger partial charge in [0.1, 0.15) is 11.9 Å². The molecule has 1 fully saturated rings. The zero-order valence-electron chi connectivity index (χ0n) is 15.4. The van der Waals surface area contributed by atoms with Crippen LogP contribution in [0.5, 0.6) is 0 Å². The molecule has 1 aromatic carbocycles.